The van der Waals surface area contributed by atoms with Crippen LogP contribution in [0.25, 0.3) is 0 Å². The van der Waals surface area contributed by atoms with Gasteiger partial charge in [-0.05, 0) is 81.5 Å². The number of rotatable bonds is 9. The SMILES string of the molecule is Cc1cc(OCCCC2CCN(c3nc(C4CC4)no3)CC2)ccc1C(=O)N[C@@H]1CCOC1. The molecule has 2 saturated heterocycles. The topological polar surface area (TPSA) is 89.7 Å². The van der Waals surface area contributed by atoms with Gasteiger partial charge in [0.15, 0.2) is 5.82 Å². The van der Waals surface area contributed by atoms with E-state index in [0.717, 1.165) is 68.9 Å². The van der Waals surface area contributed by atoms with Crippen LogP contribution < -0.4 is 15.0 Å². The zero-order valence-corrected chi connectivity index (χ0v) is 19.4. The minimum Gasteiger partial charge on any atom is -0.494 e. The zero-order valence-electron chi connectivity index (χ0n) is 19.4. The predicted molar refractivity (Wildman–Crippen MR) is 124 cm³/mol. The number of anilines is 1. The van der Waals surface area contributed by atoms with E-state index in [1.807, 2.05) is 25.1 Å². The molecule has 1 amide bonds. The van der Waals surface area contributed by atoms with Crippen molar-refractivity contribution >= 4 is 11.9 Å². The molecule has 2 aliphatic heterocycles. The zero-order chi connectivity index (χ0) is 22.6. The molecule has 2 aromatic rings. The van der Waals surface area contributed by atoms with E-state index < -0.39 is 0 Å². The molecule has 3 aliphatic rings. The van der Waals surface area contributed by atoms with E-state index in [-0.39, 0.29) is 11.9 Å². The molecule has 3 heterocycles. The quantitative estimate of drug-likeness (QED) is 0.576. The third kappa shape index (κ3) is 5.66. The number of amides is 1. The summed E-state index contributed by atoms with van der Waals surface area (Å²) in [6.07, 6.45) is 7.75. The van der Waals surface area contributed by atoms with Gasteiger partial charge in [-0.15, -0.1) is 0 Å². The Morgan fingerprint density at radius 2 is 2.06 bits per heavy atom. The lowest BCUT2D eigenvalue weighted by atomic mass is 9.92. The van der Waals surface area contributed by atoms with Crippen LogP contribution in [0.3, 0.4) is 0 Å². The average Bonchev–Trinajstić information content (AvgIpc) is 3.32. The van der Waals surface area contributed by atoms with Gasteiger partial charge >= 0.3 is 6.01 Å². The van der Waals surface area contributed by atoms with Crippen LogP contribution in [0.15, 0.2) is 22.7 Å². The highest BCUT2D eigenvalue weighted by molar-refractivity contribution is 5.96. The van der Waals surface area contributed by atoms with Crippen LogP contribution in [-0.2, 0) is 4.74 Å². The lowest BCUT2D eigenvalue weighted by molar-refractivity contribution is 0.0929. The van der Waals surface area contributed by atoms with Gasteiger partial charge in [0.1, 0.15) is 5.75 Å². The van der Waals surface area contributed by atoms with Crippen molar-refractivity contribution in [3.8, 4) is 5.75 Å². The highest BCUT2D eigenvalue weighted by Crippen LogP contribution is 2.39. The number of carbonyl (C=O) groups excluding carboxylic acids is 1. The van der Waals surface area contributed by atoms with Gasteiger partial charge in [-0.2, -0.15) is 4.98 Å². The Balaban J connectivity index is 1.01. The van der Waals surface area contributed by atoms with Crippen LogP contribution in [0.1, 0.15) is 72.6 Å². The fourth-order valence-electron chi connectivity index (χ4n) is 4.73. The summed E-state index contributed by atoms with van der Waals surface area (Å²) in [4.78, 5) is 19.3. The molecule has 1 saturated carbocycles. The monoisotopic (exact) mass is 454 g/mol. The minimum absolute atomic E-state index is 0.0369. The molecule has 33 heavy (non-hydrogen) atoms. The summed E-state index contributed by atoms with van der Waals surface area (Å²) < 4.78 is 16.8. The van der Waals surface area contributed by atoms with Crippen LogP contribution in [0, 0.1) is 12.8 Å². The summed E-state index contributed by atoms with van der Waals surface area (Å²) in [6, 6.07) is 6.53. The predicted octanol–water partition coefficient (Wildman–Crippen LogP) is 3.85. The number of aromatic nitrogens is 2. The molecule has 0 radical (unpaired) electrons. The number of nitrogens with zero attached hydrogens (tertiary/aromatic N) is 3. The molecule has 0 bridgehead atoms. The van der Waals surface area contributed by atoms with Crippen LogP contribution in [0.5, 0.6) is 5.75 Å². The first kappa shape index (κ1) is 22.2. The minimum atomic E-state index is -0.0369. The summed E-state index contributed by atoms with van der Waals surface area (Å²) in [5.74, 6) is 2.92. The Hall–Kier alpha value is -2.61. The molecule has 1 aromatic heterocycles. The number of nitrogens with one attached hydrogen (secondary N) is 1. The van der Waals surface area contributed by atoms with Crippen molar-refractivity contribution in [1.29, 1.82) is 0 Å². The van der Waals surface area contributed by atoms with Crippen LogP contribution in [0.2, 0.25) is 0 Å². The van der Waals surface area contributed by atoms with Gasteiger partial charge in [-0.3, -0.25) is 4.79 Å². The molecular weight excluding hydrogens is 420 g/mol. The number of hydrogen-bond donors (Lipinski definition) is 1. The van der Waals surface area contributed by atoms with E-state index >= 15 is 0 Å². The first-order chi connectivity index (χ1) is 16.2. The number of aryl methyl sites for hydroxylation is 1. The molecule has 0 unspecified atom stereocenters. The van der Waals surface area contributed by atoms with Crippen molar-refractivity contribution in [2.24, 2.45) is 5.92 Å². The highest BCUT2D eigenvalue weighted by Gasteiger charge is 2.30. The lowest BCUT2D eigenvalue weighted by Gasteiger charge is -2.30. The molecule has 5 rings (SSSR count). The normalized spacial score (nSPS) is 21.4. The molecule has 8 heteroatoms. The van der Waals surface area contributed by atoms with E-state index in [1.165, 1.54) is 12.8 Å². The Labute approximate surface area is 195 Å². The molecule has 1 N–H and O–H groups in total. The van der Waals surface area contributed by atoms with Crippen molar-refractivity contribution in [3.63, 3.8) is 0 Å². The van der Waals surface area contributed by atoms with Gasteiger partial charge < -0.3 is 24.2 Å². The first-order valence-electron chi connectivity index (χ1n) is 12.4. The van der Waals surface area contributed by atoms with Crippen molar-refractivity contribution in [3.05, 3.63) is 35.2 Å². The van der Waals surface area contributed by atoms with Gasteiger partial charge in [0.25, 0.3) is 5.91 Å². The number of carbonyl (C=O) groups is 1. The van der Waals surface area contributed by atoms with Crippen molar-refractivity contribution in [1.82, 2.24) is 15.5 Å². The summed E-state index contributed by atoms with van der Waals surface area (Å²) in [5, 5.41) is 7.18. The number of piperidine rings is 1. The summed E-state index contributed by atoms with van der Waals surface area (Å²) in [7, 11) is 0. The van der Waals surface area contributed by atoms with Crippen LogP contribution in [0.4, 0.5) is 6.01 Å². The second-order valence-corrected chi connectivity index (χ2v) is 9.64. The summed E-state index contributed by atoms with van der Waals surface area (Å²) >= 11 is 0. The van der Waals surface area contributed by atoms with Gasteiger partial charge in [-0.25, -0.2) is 0 Å². The lowest BCUT2D eigenvalue weighted by Crippen LogP contribution is -2.35. The maximum absolute atomic E-state index is 12.5. The number of hydrogen-bond acceptors (Lipinski definition) is 7. The van der Waals surface area contributed by atoms with Gasteiger partial charge in [-0.1, -0.05) is 5.16 Å². The van der Waals surface area contributed by atoms with Gasteiger partial charge in [0, 0.05) is 31.2 Å². The van der Waals surface area contributed by atoms with Crippen molar-refractivity contribution < 1.29 is 18.8 Å². The number of benzene rings is 1. The molecule has 178 valence electrons. The van der Waals surface area contributed by atoms with E-state index in [1.54, 1.807) is 0 Å². The standard InChI is InChI=1S/C25H34N4O4/c1-17-15-21(6-7-22(17)24(30)26-20-10-14-31-16-20)32-13-2-3-18-8-11-29(12-9-18)25-27-23(28-33-25)19-4-5-19/h6-7,15,18-20H,2-5,8-14,16H2,1H3,(H,26,30)/t20-/m1/s1. The first-order valence-corrected chi connectivity index (χ1v) is 12.4. The Bertz CT molecular complexity index is 944. The largest absolute Gasteiger partial charge is 0.494 e. The van der Waals surface area contributed by atoms with Crippen LogP contribution >= 0.6 is 0 Å². The average molecular weight is 455 g/mol. The van der Waals surface area contributed by atoms with E-state index in [4.69, 9.17) is 14.0 Å². The summed E-state index contributed by atoms with van der Waals surface area (Å²) in [5.41, 5.74) is 1.63. The molecule has 3 fully saturated rings. The molecule has 1 atom stereocenters. The van der Waals surface area contributed by atoms with Gasteiger partial charge in [0.05, 0.1) is 19.3 Å². The van der Waals surface area contributed by atoms with Gasteiger partial charge in [0.2, 0.25) is 0 Å². The van der Waals surface area contributed by atoms with E-state index in [2.05, 4.69) is 20.4 Å². The third-order valence-corrected chi connectivity index (χ3v) is 6.99. The van der Waals surface area contributed by atoms with Crippen molar-refractivity contribution in [2.75, 3.05) is 37.8 Å². The fraction of sp³-hybridized carbons (Fsp3) is 0.640. The van der Waals surface area contributed by atoms with E-state index in [0.29, 0.717) is 36.6 Å². The maximum atomic E-state index is 12.5. The fourth-order valence-corrected chi connectivity index (χ4v) is 4.73. The third-order valence-electron chi connectivity index (χ3n) is 6.99. The summed E-state index contributed by atoms with van der Waals surface area (Å²) in [6.45, 7) is 5.93. The molecular formula is C25H34N4O4. The molecule has 0 spiro atoms. The van der Waals surface area contributed by atoms with E-state index in [9.17, 15) is 4.79 Å². The van der Waals surface area contributed by atoms with Crippen molar-refractivity contribution in [2.45, 2.75) is 63.8 Å². The molecule has 1 aromatic carbocycles. The second-order valence-electron chi connectivity index (χ2n) is 9.64. The Morgan fingerprint density at radius 3 is 2.79 bits per heavy atom. The highest BCUT2D eigenvalue weighted by atomic mass is 16.5. The second kappa shape index (κ2) is 10.1. The molecule has 1 aliphatic carbocycles. The maximum Gasteiger partial charge on any atom is 0.324 e. The smallest absolute Gasteiger partial charge is 0.324 e. The Kier molecular flexibility index (Phi) is 6.80. The number of ether oxygens (including phenoxy) is 2. The molecule has 8 nitrogen and oxygen atoms in total. The van der Waals surface area contributed by atoms with Crippen LogP contribution in [-0.4, -0.2) is 55.0 Å². The Morgan fingerprint density at radius 1 is 1.21 bits per heavy atom.